The Morgan fingerprint density at radius 1 is 1.18 bits per heavy atom. The number of aryl methyl sites for hydroxylation is 2. The number of carbonyl (C=O) groups excluding carboxylic acids is 1. The lowest BCUT2D eigenvalue weighted by Crippen LogP contribution is -2.16. The van der Waals surface area contributed by atoms with Crippen molar-refractivity contribution < 1.29 is 9.90 Å². The van der Waals surface area contributed by atoms with Crippen LogP contribution in [0, 0.1) is 6.92 Å². The third-order valence-electron chi connectivity index (χ3n) is 5.53. The molecule has 5 rings (SSSR count). The van der Waals surface area contributed by atoms with Gasteiger partial charge in [-0.15, -0.1) is 0 Å². The van der Waals surface area contributed by atoms with E-state index in [2.05, 4.69) is 30.6 Å². The molecule has 4 N–H and O–H groups in total. The van der Waals surface area contributed by atoms with Crippen LogP contribution in [0.5, 0.6) is 5.88 Å². The lowest BCUT2D eigenvalue weighted by Gasteiger charge is -2.08. The van der Waals surface area contributed by atoms with Crippen LogP contribution in [0.15, 0.2) is 65.8 Å². The van der Waals surface area contributed by atoms with Gasteiger partial charge in [-0.25, -0.2) is 4.99 Å². The Labute approximate surface area is 195 Å². The highest BCUT2D eigenvalue weighted by Gasteiger charge is 2.13. The van der Waals surface area contributed by atoms with Gasteiger partial charge >= 0.3 is 0 Å². The first kappa shape index (κ1) is 21.2. The summed E-state index contributed by atoms with van der Waals surface area (Å²) < 4.78 is 1.57. The molecule has 9 heteroatoms. The minimum Gasteiger partial charge on any atom is -0.494 e. The van der Waals surface area contributed by atoms with Crippen LogP contribution in [0.2, 0.25) is 0 Å². The van der Waals surface area contributed by atoms with Gasteiger partial charge in [-0.3, -0.25) is 14.6 Å². The third-order valence-corrected chi connectivity index (χ3v) is 5.53. The van der Waals surface area contributed by atoms with Gasteiger partial charge in [0.05, 0.1) is 17.5 Å². The molecule has 0 aliphatic carbocycles. The van der Waals surface area contributed by atoms with E-state index in [-0.39, 0.29) is 11.8 Å². The Kier molecular flexibility index (Phi) is 5.43. The number of rotatable bonds is 6. The quantitative estimate of drug-likeness (QED) is 0.287. The number of fused-ring (bicyclic) bond motifs is 1. The molecule has 34 heavy (non-hydrogen) atoms. The molecule has 9 nitrogen and oxygen atoms in total. The first-order valence-corrected chi connectivity index (χ1v) is 10.7. The zero-order valence-electron chi connectivity index (χ0n) is 18.7. The molecular weight excluding hydrogens is 430 g/mol. The maximum absolute atomic E-state index is 12.6. The second-order valence-electron chi connectivity index (χ2n) is 8.09. The monoisotopic (exact) mass is 453 g/mol. The summed E-state index contributed by atoms with van der Waals surface area (Å²) in [7, 11) is 1.75. The second-order valence-corrected chi connectivity index (χ2v) is 8.09. The Hall–Kier alpha value is -4.66. The van der Waals surface area contributed by atoms with E-state index in [1.165, 1.54) is 0 Å². The van der Waals surface area contributed by atoms with Crippen molar-refractivity contribution in [1.29, 1.82) is 0 Å². The first-order valence-electron chi connectivity index (χ1n) is 10.7. The molecule has 170 valence electrons. The van der Waals surface area contributed by atoms with E-state index >= 15 is 0 Å². The zero-order chi connectivity index (χ0) is 23.7. The highest BCUT2D eigenvalue weighted by molar-refractivity contribution is 6.03. The van der Waals surface area contributed by atoms with E-state index in [0.717, 1.165) is 27.7 Å². The number of anilines is 1. The maximum atomic E-state index is 12.6. The van der Waals surface area contributed by atoms with Crippen molar-refractivity contribution in [3.63, 3.8) is 0 Å². The first-order chi connectivity index (χ1) is 16.5. The number of aromatic hydroxyl groups is 1. The Bertz CT molecular complexity index is 1510. The smallest absolute Gasteiger partial charge is 0.273 e. The van der Waals surface area contributed by atoms with Crippen molar-refractivity contribution >= 4 is 34.5 Å². The number of aliphatic imine (C=N–C) groups is 1. The van der Waals surface area contributed by atoms with Crippen molar-refractivity contribution in [3.8, 4) is 5.88 Å². The fourth-order valence-electron chi connectivity index (χ4n) is 3.95. The van der Waals surface area contributed by atoms with Crippen molar-refractivity contribution in [2.45, 2.75) is 13.3 Å². The number of carbonyl (C=O) groups is 1. The largest absolute Gasteiger partial charge is 0.494 e. The van der Waals surface area contributed by atoms with Crippen LogP contribution in [0.25, 0.3) is 10.9 Å². The van der Waals surface area contributed by atoms with Gasteiger partial charge in [-0.2, -0.15) is 10.2 Å². The summed E-state index contributed by atoms with van der Waals surface area (Å²) in [6.07, 6.45) is 3.89. The summed E-state index contributed by atoms with van der Waals surface area (Å²) in [6.45, 7) is 1.85. The van der Waals surface area contributed by atoms with Gasteiger partial charge in [-0.1, -0.05) is 18.2 Å². The Morgan fingerprint density at radius 3 is 2.79 bits per heavy atom. The molecule has 0 aliphatic rings. The number of aromatic amines is 2. The summed E-state index contributed by atoms with van der Waals surface area (Å²) in [5, 5.41) is 25.1. The standard InChI is InChI=1S/C25H23N7O2/c1-15-10-22(32(2)31-15)25(34)28-18-5-3-4-16(12-18)11-17-6-7-21-19(13-17)20(24(33)29-21)14-26-23-8-9-27-30-23/h3-10,12-14,29,33H,11H2,1-2H3,(H,27,30)(H,28,34). The summed E-state index contributed by atoms with van der Waals surface area (Å²) in [6, 6.07) is 17.2. The summed E-state index contributed by atoms with van der Waals surface area (Å²) in [5.41, 5.74) is 5.55. The van der Waals surface area contributed by atoms with Crippen molar-refractivity contribution in [1.82, 2.24) is 25.0 Å². The lowest BCUT2D eigenvalue weighted by atomic mass is 10.0. The summed E-state index contributed by atoms with van der Waals surface area (Å²) in [5.74, 6) is 0.459. The van der Waals surface area contributed by atoms with E-state index < -0.39 is 0 Å². The fraction of sp³-hybridized carbons (Fsp3) is 0.120. The second kappa shape index (κ2) is 8.70. The van der Waals surface area contributed by atoms with Crippen LogP contribution in [-0.2, 0) is 13.5 Å². The number of amides is 1. The number of nitrogens with zero attached hydrogens (tertiary/aromatic N) is 4. The minimum absolute atomic E-state index is 0.0607. The molecule has 0 atom stereocenters. The van der Waals surface area contributed by atoms with Gasteiger partial charge in [0, 0.05) is 35.9 Å². The minimum atomic E-state index is -0.203. The van der Waals surface area contributed by atoms with Gasteiger partial charge in [0.1, 0.15) is 11.5 Å². The molecule has 0 unspecified atom stereocenters. The Morgan fingerprint density at radius 2 is 2.03 bits per heavy atom. The average molecular weight is 454 g/mol. The van der Waals surface area contributed by atoms with Crippen LogP contribution in [0.3, 0.4) is 0 Å². The molecule has 1 amide bonds. The van der Waals surface area contributed by atoms with E-state index in [9.17, 15) is 9.90 Å². The number of aromatic nitrogens is 5. The van der Waals surface area contributed by atoms with Gasteiger partial charge in [-0.05, 0) is 54.8 Å². The van der Waals surface area contributed by atoms with Crippen LogP contribution < -0.4 is 5.32 Å². The average Bonchev–Trinajstić information content (AvgIpc) is 3.51. The molecule has 5 aromatic rings. The normalized spacial score (nSPS) is 11.5. The number of hydrogen-bond donors (Lipinski definition) is 4. The molecule has 3 aromatic heterocycles. The van der Waals surface area contributed by atoms with Crippen LogP contribution >= 0.6 is 0 Å². The van der Waals surface area contributed by atoms with Gasteiger partial charge < -0.3 is 15.4 Å². The topological polar surface area (TPSA) is 124 Å². The van der Waals surface area contributed by atoms with E-state index in [1.54, 1.807) is 36.3 Å². The van der Waals surface area contributed by atoms with Crippen molar-refractivity contribution in [2.75, 3.05) is 5.32 Å². The molecule has 0 spiro atoms. The molecule has 0 bridgehead atoms. The predicted octanol–water partition coefficient (Wildman–Crippen LogP) is 4.23. The molecule has 0 saturated heterocycles. The molecule has 0 aliphatic heterocycles. The number of benzene rings is 2. The molecule has 0 radical (unpaired) electrons. The van der Waals surface area contributed by atoms with Crippen LogP contribution in [0.4, 0.5) is 11.5 Å². The van der Waals surface area contributed by atoms with E-state index in [0.29, 0.717) is 29.2 Å². The van der Waals surface area contributed by atoms with E-state index in [4.69, 9.17) is 0 Å². The van der Waals surface area contributed by atoms with E-state index in [1.807, 2.05) is 49.4 Å². The summed E-state index contributed by atoms with van der Waals surface area (Å²) >= 11 is 0. The Balaban J connectivity index is 1.37. The number of hydrogen-bond acceptors (Lipinski definition) is 5. The van der Waals surface area contributed by atoms with Crippen LogP contribution in [0.1, 0.15) is 32.9 Å². The molecule has 3 heterocycles. The number of H-pyrrole nitrogens is 2. The predicted molar refractivity (Wildman–Crippen MR) is 131 cm³/mol. The molecule has 0 fully saturated rings. The molecular formula is C25H23N7O2. The third kappa shape index (κ3) is 4.31. The van der Waals surface area contributed by atoms with Crippen molar-refractivity contribution in [2.24, 2.45) is 12.0 Å². The lowest BCUT2D eigenvalue weighted by molar-refractivity contribution is 0.101. The zero-order valence-corrected chi connectivity index (χ0v) is 18.7. The van der Waals surface area contributed by atoms with Gasteiger partial charge in [0.2, 0.25) is 0 Å². The van der Waals surface area contributed by atoms with Gasteiger partial charge in [0.25, 0.3) is 5.91 Å². The highest BCUT2D eigenvalue weighted by atomic mass is 16.3. The fourth-order valence-corrected chi connectivity index (χ4v) is 3.95. The van der Waals surface area contributed by atoms with Gasteiger partial charge in [0.15, 0.2) is 5.88 Å². The van der Waals surface area contributed by atoms with Crippen LogP contribution in [-0.4, -0.2) is 42.2 Å². The molecule has 2 aromatic carbocycles. The summed E-state index contributed by atoms with van der Waals surface area (Å²) in [4.78, 5) is 20.0. The molecule has 0 saturated carbocycles. The maximum Gasteiger partial charge on any atom is 0.273 e. The van der Waals surface area contributed by atoms with Crippen molar-refractivity contribution in [3.05, 3.63) is 88.9 Å². The SMILES string of the molecule is Cc1cc(C(=O)Nc2cccc(Cc3ccc4[nH]c(O)c(C=Nc5ccn[nH]5)c4c3)c2)n(C)n1. The highest BCUT2D eigenvalue weighted by Crippen LogP contribution is 2.28. The number of nitrogens with one attached hydrogen (secondary N) is 3.